The molecule has 1 fully saturated rings. The van der Waals surface area contributed by atoms with E-state index >= 15 is 0 Å². The van der Waals surface area contributed by atoms with E-state index in [0.29, 0.717) is 18.0 Å². The highest BCUT2D eigenvalue weighted by Crippen LogP contribution is 2.39. The van der Waals surface area contributed by atoms with E-state index in [1.165, 1.54) is 18.9 Å². The Balaban J connectivity index is 1.69. The Kier molecular flexibility index (Phi) is 2.92. The molecule has 0 spiro atoms. The smallest absolute Gasteiger partial charge is 0.129 e. The molecule has 0 aliphatic heterocycles. The van der Waals surface area contributed by atoms with Gasteiger partial charge in [-0.1, -0.05) is 18.2 Å². The average molecular weight is 243 g/mol. The monoisotopic (exact) mass is 243 g/mol. The van der Waals surface area contributed by atoms with E-state index in [9.17, 15) is 4.39 Å². The Hall–Kier alpha value is -1.97. The summed E-state index contributed by atoms with van der Waals surface area (Å²) in [5.41, 5.74) is 1.73. The number of nitrogens with zero attached hydrogens (tertiary/aromatic N) is 2. The second-order valence-corrected chi connectivity index (χ2v) is 4.55. The second-order valence-electron chi connectivity index (χ2n) is 4.55. The highest BCUT2D eigenvalue weighted by Gasteiger charge is 2.25. The molecule has 1 heterocycles. The predicted octanol–water partition coefficient (Wildman–Crippen LogP) is 3.11. The Bertz CT molecular complexity index is 552. The number of aromatic nitrogens is 2. The third kappa shape index (κ3) is 2.47. The highest BCUT2D eigenvalue weighted by atomic mass is 19.1. The summed E-state index contributed by atoms with van der Waals surface area (Å²) in [6.07, 6.45) is 3.99. The normalized spacial score (nSPS) is 14.5. The SMILES string of the molecule is Fc1ccccc1CNc1cc(C2CC2)ncn1. The van der Waals surface area contributed by atoms with Crippen LogP contribution in [0.4, 0.5) is 10.2 Å². The molecule has 2 aromatic rings. The number of anilines is 1. The zero-order chi connectivity index (χ0) is 12.4. The van der Waals surface area contributed by atoms with Crippen molar-refractivity contribution in [3.8, 4) is 0 Å². The molecule has 0 unspecified atom stereocenters. The van der Waals surface area contributed by atoms with Crippen LogP contribution in [0, 0.1) is 5.82 Å². The summed E-state index contributed by atoms with van der Waals surface area (Å²) in [5.74, 6) is 1.17. The third-order valence-corrected chi connectivity index (χ3v) is 3.10. The lowest BCUT2D eigenvalue weighted by molar-refractivity contribution is 0.613. The van der Waals surface area contributed by atoms with Crippen LogP contribution in [0.2, 0.25) is 0 Å². The van der Waals surface area contributed by atoms with Crippen LogP contribution in [0.5, 0.6) is 0 Å². The van der Waals surface area contributed by atoms with E-state index in [4.69, 9.17) is 0 Å². The van der Waals surface area contributed by atoms with Crippen LogP contribution >= 0.6 is 0 Å². The first-order chi connectivity index (χ1) is 8.83. The minimum absolute atomic E-state index is 0.193. The van der Waals surface area contributed by atoms with Gasteiger partial charge in [-0.05, 0) is 18.9 Å². The minimum Gasteiger partial charge on any atom is -0.366 e. The molecule has 4 heteroatoms. The van der Waals surface area contributed by atoms with Gasteiger partial charge in [0, 0.05) is 29.8 Å². The molecule has 0 atom stereocenters. The maximum atomic E-state index is 13.4. The standard InChI is InChI=1S/C14H14FN3/c15-12-4-2-1-3-11(12)8-16-14-7-13(10-5-6-10)17-9-18-14/h1-4,7,9-10H,5-6,8H2,(H,16,17,18). The molecular weight excluding hydrogens is 229 g/mol. The highest BCUT2D eigenvalue weighted by molar-refractivity contribution is 5.38. The van der Waals surface area contributed by atoms with Crippen molar-refractivity contribution in [2.45, 2.75) is 25.3 Å². The molecule has 1 N–H and O–H groups in total. The van der Waals surface area contributed by atoms with Crippen LogP contribution in [0.1, 0.15) is 30.0 Å². The summed E-state index contributed by atoms with van der Waals surface area (Å²) in [5, 5.41) is 3.13. The minimum atomic E-state index is -0.193. The summed E-state index contributed by atoms with van der Waals surface area (Å²) in [6.45, 7) is 0.438. The van der Waals surface area contributed by atoms with E-state index < -0.39 is 0 Å². The molecule has 1 saturated carbocycles. The fraction of sp³-hybridized carbons (Fsp3) is 0.286. The number of hydrogen-bond acceptors (Lipinski definition) is 3. The molecular formula is C14H14FN3. The van der Waals surface area contributed by atoms with Crippen molar-refractivity contribution in [2.24, 2.45) is 0 Å². The van der Waals surface area contributed by atoms with Crippen molar-refractivity contribution in [3.63, 3.8) is 0 Å². The number of hydrogen-bond donors (Lipinski definition) is 1. The Labute approximate surface area is 105 Å². The van der Waals surface area contributed by atoms with E-state index in [2.05, 4.69) is 15.3 Å². The molecule has 1 aliphatic carbocycles. The largest absolute Gasteiger partial charge is 0.366 e. The molecule has 3 rings (SSSR count). The van der Waals surface area contributed by atoms with E-state index in [1.54, 1.807) is 18.5 Å². The van der Waals surface area contributed by atoms with Crippen molar-refractivity contribution in [3.05, 3.63) is 53.7 Å². The fourth-order valence-corrected chi connectivity index (χ4v) is 1.90. The predicted molar refractivity (Wildman–Crippen MR) is 67.7 cm³/mol. The molecule has 1 aromatic carbocycles. The second kappa shape index (κ2) is 4.72. The zero-order valence-electron chi connectivity index (χ0n) is 9.94. The van der Waals surface area contributed by atoms with Gasteiger partial charge in [0.1, 0.15) is 18.0 Å². The first-order valence-corrected chi connectivity index (χ1v) is 6.12. The van der Waals surface area contributed by atoms with Crippen LogP contribution in [0.15, 0.2) is 36.7 Å². The number of halogens is 1. The van der Waals surface area contributed by atoms with Gasteiger partial charge in [-0.15, -0.1) is 0 Å². The van der Waals surface area contributed by atoms with Crippen molar-refractivity contribution in [1.82, 2.24) is 9.97 Å². The van der Waals surface area contributed by atoms with Crippen LogP contribution in [-0.2, 0) is 6.54 Å². The molecule has 0 saturated heterocycles. The molecule has 0 amide bonds. The maximum absolute atomic E-state index is 13.4. The summed E-state index contributed by atoms with van der Waals surface area (Å²) < 4.78 is 13.4. The molecule has 92 valence electrons. The topological polar surface area (TPSA) is 37.8 Å². The summed E-state index contributed by atoms with van der Waals surface area (Å²) in [4.78, 5) is 8.40. The molecule has 1 aromatic heterocycles. The molecule has 18 heavy (non-hydrogen) atoms. The summed E-state index contributed by atoms with van der Waals surface area (Å²) >= 11 is 0. The maximum Gasteiger partial charge on any atom is 0.129 e. The van der Waals surface area contributed by atoms with Gasteiger partial charge in [-0.25, -0.2) is 14.4 Å². The van der Waals surface area contributed by atoms with Crippen molar-refractivity contribution in [2.75, 3.05) is 5.32 Å². The Morgan fingerprint density at radius 1 is 1.22 bits per heavy atom. The van der Waals surface area contributed by atoms with Crippen LogP contribution in [-0.4, -0.2) is 9.97 Å². The van der Waals surface area contributed by atoms with Gasteiger partial charge in [0.25, 0.3) is 0 Å². The number of rotatable bonds is 4. The fourth-order valence-electron chi connectivity index (χ4n) is 1.90. The van der Waals surface area contributed by atoms with E-state index in [-0.39, 0.29) is 5.82 Å². The van der Waals surface area contributed by atoms with Gasteiger partial charge in [-0.2, -0.15) is 0 Å². The van der Waals surface area contributed by atoms with Gasteiger partial charge in [0.15, 0.2) is 0 Å². The lowest BCUT2D eigenvalue weighted by Crippen LogP contribution is -2.04. The van der Waals surface area contributed by atoms with Gasteiger partial charge in [0.2, 0.25) is 0 Å². The average Bonchev–Trinajstić information content (AvgIpc) is 3.23. The lowest BCUT2D eigenvalue weighted by atomic mass is 10.2. The molecule has 3 nitrogen and oxygen atoms in total. The van der Waals surface area contributed by atoms with Crippen LogP contribution < -0.4 is 5.32 Å². The van der Waals surface area contributed by atoms with E-state index in [1.807, 2.05) is 12.1 Å². The van der Waals surface area contributed by atoms with E-state index in [0.717, 1.165) is 11.5 Å². The first-order valence-electron chi connectivity index (χ1n) is 6.12. The number of nitrogens with one attached hydrogen (secondary N) is 1. The summed E-state index contributed by atoms with van der Waals surface area (Å²) in [6, 6.07) is 8.71. The van der Waals surface area contributed by atoms with Crippen molar-refractivity contribution >= 4 is 5.82 Å². The number of benzene rings is 1. The zero-order valence-corrected chi connectivity index (χ0v) is 9.94. The summed E-state index contributed by atoms with van der Waals surface area (Å²) in [7, 11) is 0. The van der Waals surface area contributed by atoms with Gasteiger partial charge < -0.3 is 5.32 Å². The first kappa shape index (κ1) is 11.1. The third-order valence-electron chi connectivity index (χ3n) is 3.10. The Morgan fingerprint density at radius 3 is 2.83 bits per heavy atom. The van der Waals surface area contributed by atoms with Crippen LogP contribution in [0.3, 0.4) is 0 Å². The van der Waals surface area contributed by atoms with Crippen molar-refractivity contribution in [1.29, 1.82) is 0 Å². The molecule has 0 radical (unpaired) electrons. The van der Waals surface area contributed by atoms with Crippen molar-refractivity contribution < 1.29 is 4.39 Å². The van der Waals surface area contributed by atoms with Gasteiger partial charge >= 0.3 is 0 Å². The lowest BCUT2D eigenvalue weighted by Gasteiger charge is -2.07. The van der Waals surface area contributed by atoms with Crippen LogP contribution in [0.25, 0.3) is 0 Å². The van der Waals surface area contributed by atoms with Gasteiger partial charge in [-0.3, -0.25) is 0 Å². The molecule has 1 aliphatic rings. The van der Waals surface area contributed by atoms with Gasteiger partial charge in [0.05, 0.1) is 0 Å². The quantitative estimate of drug-likeness (QED) is 0.896. The molecule has 0 bridgehead atoms. The Morgan fingerprint density at radius 2 is 2.06 bits per heavy atom.